The predicted molar refractivity (Wildman–Crippen MR) is 155 cm³/mol. The molecule has 0 aromatic rings. The van der Waals surface area contributed by atoms with Crippen molar-refractivity contribution in [2.75, 3.05) is 6.61 Å². The van der Waals surface area contributed by atoms with Crippen LogP contribution in [0.15, 0.2) is 20.5 Å². The molecule has 39 heavy (non-hydrogen) atoms. The molecular weight excluding hydrogens is 492 g/mol. The number of unbranched alkanes of at least 4 members (excludes halogenated alkanes) is 12. The first-order valence-corrected chi connectivity index (χ1v) is 16.2. The average molecular weight is 549 g/mol. The van der Waals surface area contributed by atoms with Gasteiger partial charge in [-0.1, -0.05) is 90.9 Å². The van der Waals surface area contributed by atoms with Crippen molar-refractivity contribution in [1.29, 1.82) is 0 Å². The lowest BCUT2D eigenvalue weighted by molar-refractivity contribution is -0.158. The molecule has 0 aromatic heterocycles. The maximum atomic E-state index is 12.2. The monoisotopic (exact) mass is 548 g/mol. The van der Waals surface area contributed by atoms with Crippen molar-refractivity contribution in [2.24, 2.45) is 20.5 Å². The highest BCUT2D eigenvalue weighted by atomic mass is 16.6. The number of hydrogen-bond acceptors (Lipinski definition) is 8. The van der Waals surface area contributed by atoms with Crippen LogP contribution < -0.4 is 0 Å². The summed E-state index contributed by atoms with van der Waals surface area (Å²) < 4.78 is 10.8. The molecule has 2 aliphatic heterocycles. The van der Waals surface area contributed by atoms with Crippen LogP contribution in [0, 0.1) is 0 Å². The van der Waals surface area contributed by atoms with Crippen LogP contribution in [0.1, 0.15) is 162 Å². The third-order valence-electron chi connectivity index (χ3n) is 7.85. The van der Waals surface area contributed by atoms with E-state index in [0.717, 1.165) is 38.5 Å². The molecule has 2 rings (SSSR count). The third kappa shape index (κ3) is 16.1. The van der Waals surface area contributed by atoms with Crippen LogP contribution in [0.4, 0.5) is 0 Å². The summed E-state index contributed by atoms with van der Waals surface area (Å²) >= 11 is 0. The zero-order chi connectivity index (χ0) is 28.2. The maximum Gasteiger partial charge on any atom is 0.306 e. The molecule has 0 saturated carbocycles. The zero-order valence-corrected chi connectivity index (χ0v) is 25.3. The second kappa shape index (κ2) is 19.3. The highest BCUT2D eigenvalue weighted by Crippen LogP contribution is 2.39. The van der Waals surface area contributed by atoms with E-state index in [9.17, 15) is 9.59 Å². The Morgan fingerprint density at radius 2 is 0.949 bits per heavy atom. The number of esters is 2. The summed E-state index contributed by atoms with van der Waals surface area (Å²) in [4.78, 5) is 24.4. The van der Waals surface area contributed by atoms with Gasteiger partial charge in [0, 0.05) is 12.8 Å². The first-order valence-electron chi connectivity index (χ1n) is 16.2. The van der Waals surface area contributed by atoms with Gasteiger partial charge in [0.1, 0.15) is 12.7 Å². The van der Waals surface area contributed by atoms with Crippen molar-refractivity contribution in [3.63, 3.8) is 0 Å². The average Bonchev–Trinajstić information content (AvgIpc) is 3.85. The van der Waals surface area contributed by atoms with E-state index in [4.69, 9.17) is 9.47 Å². The zero-order valence-electron chi connectivity index (χ0n) is 25.3. The van der Waals surface area contributed by atoms with E-state index in [1.54, 1.807) is 6.92 Å². The molecule has 0 amide bonds. The first kappa shape index (κ1) is 33.3. The molecule has 8 nitrogen and oxygen atoms in total. The smallest absolute Gasteiger partial charge is 0.306 e. The van der Waals surface area contributed by atoms with Crippen molar-refractivity contribution in [3.05, 3.63) is 0 Å². The molecule has 224 valence electrons. The Hall–Kier alpha value is -1.86. The van der Waals surface area contributed by atoms with Gasteiger partial charge in [0.15, 0.2) is 11.3 Å². The van der Waals surface area contributed by atoms with Gasteiger partial charge >= 0.3 is 11.9 Å². The normalized spacial score (nSPS) is 16.7. The Morgan fingerprint density at radius 1 is 0.564 bits per heavy atom. The standard InChI is InChI=1S/C31H56N4O4/c1-4-6-8-10-12-14-16-22-30(32-33-30)24-18-20-28(36)38-26-27(3)39-29(37)21-19-25-31(34-35-31)23-17-15-13-11-9-7-5-2/h27H,4-26H2,1-3H3. The fraction of sp³-hybridized carbons (Fsp3) is 0.935. The number of rotatable bonds is 27. The van der Waals surface area contributed by atoms with Crippen molar-refractivity contribution in [2.45, 2.75) is 179 Å². The van der Waals surface area contributed by atoms with E-state index < -0.39 is 6.10 Å². The molecular formula is C31H56N4O4. The predicted octanol–water partition coefficient (Wildman–Crippen LogP) is 9.41. The summed E-state index contributed by atoms with van der Waals surface area (Å²) in [6, 6.07) is 0. The summed E-state index contributed by atoms with van der Waals surface area (Å²) in [5, 5.41) is 17.1. The van der Waals surface area contributed by atoms with Crippen molar-refractivity contribution in [3.8, 4) is 0 Å². The summed E-state index contributed by atoms with van der Waals surface area (Å²) in [6.45, 7) is 6.33. The number of hydrogen-bond donors (Lipinski definition) is 0. The molecule has 0 bridgehead atoms. The van der Waals surface area contributed by atoms with Gasteiger partial charge < -0.3 is 9.47 Å². The SMILES string of the molecule is CCCCCCCCCC1(CCCC(=O)OCC(C)OC(=O)CCCC2(CCCCCCCCC)N=N2)N=N1. The van der Waals surface area contributed by atoms with Gasteiger partial charge in [-0.05, 0) is 58.3 Å². The minimum Gasteiger partial charge on any atom is -0.462 e. The fourth-order valence-corrected chi connectivity index (χ4v) is 5.15. The Morgan fingerprint density at radius 3 is 1.38 bits per heavy atom. The first-order chi connectivity index (χ1) is 18.9. The lowest BCUT2D eigenvalue weighted by atomic mass is 9.98. The lowest BCUT2D eigenvalue weighted by Gasteiger charge is -2.15. The maximum absolute atomic E-state index is 12.2. The summed E-state index contributed by atoms with van der Waals surface area (Å²) in [6.07, 6.45) is 23.1. The van der Waals surface area contributed by atoms with E-state index >= 15 is 0 Å². The molecule has 8 heteroatoms. The Kier molecular flexibility index (Phi) is 16.5. The molecule has 0 fully saturated rings. The van der Waals surface area contributed by atoms with Crippen LogP contribution in [-0.2, 0) is 19.1 Å². The van der Waals surface area contributed by atoms with Gasteiger partial charge in [0.05, 0.1) is 0 Å². The van der Waals surface area contributed by atoms with E-state index in [1.165, 1.54) is 77.0 Å². The van der Waals surface area contributed by atoms with Crippen molar-refractivity contribution >= 4 is 11.9 Å². The molecule has 0 aliphatic carbocycles. The van der Waals surface area contributed by atoms with E-state index in [1.807, 2.05) is 0 Å². The summed E-state index contributed by atoms with van der Waals surface area (Å²) in [5.41, 5.74) is -0.473. The molecule has 0 spiro atoms. The molecule has 0 N–H and O–H groups in total. The third-order valence-corrected chi connectivity index (χ3v) is 7.85. The largest absolute Gasteiger partial charge is 0.462 e. The Bertz CT molecular complexity index is 743. The van der Waals surface area contributed by atoms with Crippen molar-refractivity contribution in [1.82, 2.24) is 0 Å². The highest BCUT2D eigenvalue weighted by molar-refractivity contribution is 5.70. The second-order valence-electron chi connectivity index (χ2n) is 11.8. The highest BCUT2D eigenvalue weighted by Gasteiger charge is 2.39. The topological polar surface area (TPSA) is 102 Å². The van der Waals surface area contributed by atoms with Gasteiger partial charge in [-0.3, -0.25) is 9.59 Å². The summed E-state index contributed by atoms with van der Waals surface area (Å²) in [7, 11) is 0. The lowest BCUT2D eigenvalue weighted by Crippen LogP contribution is -2.23. The van der Waals surface area contributed by atoms with Crippen LogP contribution >= 0.6 is 0 Å². The second-order valence-corrected chi connectivity index (χ2v) is 11.8. The quantitative estimate of drug-likeness (QED) is 0.0753. The Labute approximate surface area is 237 Å². The van der Waals surface area contributed by atoms with Gasteiger partial charge in [-0.2, -0.15) is 20.5 Å². The molecule has 0 radical (unpaired) electrons. The summed E-state index contributed by atoms with van der Waals surface area (Å²) in [5.74, 6) is -0.511. The molecule has 1 atom stereocenters. The molecule has 1 unspecified atom stereocenters. The van der Waals surface area contributed by atoms with E-state index in [-0.39, 0.29) is 29.9 Å². The van der Waals surface area contributed by atoms with Crippen LogP contribution in [0.5, 0.6) is 0 Å². The molecule has 2 aliphatic rings. The van der Waals surface area contributed by atoms with Crippen LogP contribution in [-0.4, -0.2) is 36.0 Å². The number of carbonyl (C=O) groups is 2. The van der Waals surface area contributed by atoms with Gasteiger partial charge in [0.2, 0.25) is 0 Å². The molecule has 0 aromatic carbocycles. The Balaban J connectivity index is 1.43. The van der Waals surface area contributed by atoms with Crippen LogP contribution in [0.2, 0.25) is 0 Å². The van der Waals surface area contributed by atoms with Gasteiger partial charge in [0.25, 0.3) is 0 Å². The number of ether oxygens (including phenoxy) is 2. The van der Waals surface area contributed by atoms with Crippen LogP contribution in [0.25, 0.3) is 0 Å². The minimum atomic E-state index is -0.449. The number of carbonyl (C=O) groups excluding carboxylic acids is 2. The van der Waals surface area contributed by atoms with Gasteiger partial charge in [-0.25, -0.2) is 0 Å². The molecule has 0 saturated heterocycles. The van der Waals surface area contributed by atoms with E-state index in [0.29, 0.717) is 25.7 Å². The fourth-order valence-electron chi connectivity index (χ4n) is 5.15. The minimum absolute atomic E-state index is 0.0926. The van der Waals surface area contributed by atoms with Crippen molar-refractivity contribution < 1.29 is 19.1 Å². The number of nitrogens with zero attached hydrogens (tertiary/aromatic N) is 4. The van der Waals surface area contributed by atoms with E-state index in [2.05, 4.69) is 34.3 Å². The van der Waals surface area contributed by atoms with Gasteiger partial charge in [-0.15, -0.1) is 0 Å². The van der Waals surface area contributed by atoms with Crippen LogP contribution in [0.3, 0.4) is 0 Å². The molecule has 2 heterocycles.